The van der Waals surface area contributed by atoms with E-state index in [1.807, 2.05) is 12.1 Å². The molecule has 2 unspecified atom stereocenters. The van der Waals surface area contributed by atoms with Gasteiger partial charge in [-0.25, -0.2) is 0 Å². The summed E-state index contributed by atoms with van der Waals surface area (Å²) < 4.78 is 0. The van der Waals surface area contributed by atoms with Gasteiger partial charge in [0.25, 0.3) is 0 Å². The molecule has 0 aromatic heterocycles. The van der Waals surface area contributed by atoms with Crippen LogP contribution in [0.4, 0.5) is 0 Å². The summed E-state index contributed by atoms with van der Waals surface area (Å²) in [5, 5.41) is 8.03. The monoisotopic (exact) mass is 352 g/mol. The molecule has 3 nitrogen and oxygen atoms in total. The average Bonchev–Trinajstić information content (AvgIpc) is 2.80. The molecule has 0 spiro atoms. The van der Waals surface area contributed by atoms with Gasteiger partial charge in [0, 0.05) is 18.1 Å². The molecule has 1 amide bonds. The van der Waals surface area contributed by atoms with Crippen LogP contribution in [0.15, 0.2) is 18.2 Å². The highest BCUT2D eigenvalue weighted by Gasteiger charge is 2.47. The summed E-state index contributed by atoms with van der Waals surface area (Å²) in [6.07, 6.45) is 7.48. The summed E-state index contributed by atoms with van der Waals surface area (Å²) in [6.45, 7) is 0. The number of hydrogen-bond acceptors (Lipinski definition) is 2. The minimum atomic E-state index is -0.405. The Morgan fingerprint density at radius 2 is 1.83 bits per heavy atom. The average molecular weight is 353 g/mol. The van der Waals surface area contributed by atoms with Crippen LogP contribution in [-0.2, 0) is 10.2 Å². The van der Waals surface area contributed by atoms with Gasteiger partial charge in [-0.05, 0) is 56.2 Å². The van der Waals surface area contributed by atoms with Crippen LogP contribution in [0, 0.1) is 0 Å². The largest absolute Gasteiger partial charge is 0.352 e. The number of benzene rings is 1. The molecule has 2 N–H and O–H groups in total. The molecule has 2 aliphatic heterocycles. The van der Waals surface area contributed by atoms with Crippen LogP contribution >= 0.6 is 23.2 Å². The lowest BCUT2D eigenvalue weighted by Gasteiger charge is -2.42. The van der Waals surface area contributed by atoms with E-state index in [4.69, 9.17) is 23.2 Å². The molecule has 124 valence electrons. The second kappa shape index (κ2) is 5.94. The van der Waals surface area contributed by atoms with Crippen molar-refractivity contribution in [2.24, 2.45) is 0 Å². The minimum absolute atomic E-state index is 0.174. The van der Waals surface area contributed by atoms with Crippen molar-refractivity contribution in [3.8, 4) is 0 Å². The summed E-state index contributed by atoms with van der Waals surface area (Å²) in [6, 6.07) is 7.11. The highest BCUT2D eigenvalue weighted by atomic mass is 35.5. The van der Waals surface area contributed by atoms with E-state index in [0.29, 0.717) is 28.2 Å². The molecule has 4 rings (SSSR count). The predicted octanol–water partition coefficient (Wildman–Crippen LogP) is 3.81. The van der Waals surface area contributed by atoms with Crippen molar-refractivity contribution in [3.63, 3.8) is 0 Å². The Bertz CT molecular complexity index is 617. The van der Waals surface area contributed by atoms with Crippen molar-refractivity contribution in [2.75, 3.05) is 0 Å². The molecule has 3 fully saturated rings. The standard InChI is InChI=1S/C18H22Cl2N2O/c19-15-5-2-11(8-16(15)20)18(6-1-7-18)17(23)22-14-9-12-3-4-13(10-14)21-12/h2,5,8,12-14,21H,1,3-4,6-7,9-10H2,(H,22,23). The molecule has 23 heavy (non-hydrogen) atoms. The molecule has 2 bridgehead atoms. The zero-order chi connectivity index (χ0) is 16.0. The van der Waals surface area contributed by atoms with Gasteiger partial charge in [-0.1, -0.05) is 35.7 Å². The third-order valence-electron chi connectivity index (χ3n) is 5.92. The van der Waals surface area contributed by atoms with Gasteiger partial charge in [-0.15, -0.1) is 0 Å². The van der Waals surface area contributed by atoms with Crippen LogP contribution < -0.4 is 10.6 Å². The maximum atomic E-state index is 13.0. The highest BCUT2D eigenvalue weighted by Crippen LogP contribution is 2.45. The normalized spacial score (nSPS) is 31.5. The van der Waals surface area contributed by atoms with Gasteiger partial charge in [-0.3, -0.25) is 4.79 Å². The third kappa shape index (κ3) is 2.77. The highest BCUT2D eigenvalue weighted by molar-refractivity contribution is 6.42. The maximum absolute atomic E-state index is 13.0. The van der Waals surface area contributed by atoms with E-state index in [9.17, 15) is 4.79 Å². The molecule has 2 heterocycles. The van der Waals surface area contributed by atoms with Crippen LogP contribution in [0.5, 0.6) is 0 Å². The first-order valence-corrected chi connectivity index (χ1v) is 9.35. The van der Waals surface area contributed by atoms with Crippen molar-refractivity contribution < 1.29 is 4.79 Å². The summed E-state index contributed by atoms with van der Waals surface area (Å²) in [4.78, 5) is 13.0. The lowest BCUT2D eigenvalue weighted by Crippen LogP contribution is -2.55. The van der Waals surface area contributed by atoms with E-state index in [1.165, 1.54) is 12.8 Å². The summed E-state index contributed by atoms with van der Waals surface area (Å²) in [7, 11) is 0. The fourth-order valence-electron chi connectivity index (χ4n) is 4.47. The predicted molar refractivity (Wildman–Crippen MR) is 93.1 cm³/mol. The Labute approximate surface area is 147 Å². The van der Waals surface area contributed by atoms with E-state index >= 15 is 0 Å². The third-order valence-corrected chi connectivity index (χ3v) is 6.66. The molecule has 2 saturated heterocycles. The number of fused-ring (bicyclic) bond motifs is 2. The lowest BCUT2D eigenvalue weighted by atomic mass is 9.63. The van der Waals surface area contributed by atoms with Crippen LogP contribution in [-0.4, -0.2) is 24.0 Å². The second-order valence-electron chi connectivity index (χ2n) is 7.34. The second-order valence-corrected chi connectivity index (χ2v) is 8.16. The fraction of sp³-hybridized carbons (Fsp3) is 0.611. The molecule has 1 aliphatic carbocycles. The van der Waals surface area contributed by atoms with Crippen LogP contribution in [0.2, 0.25) is 10.0 Å². The fourth-order valence-corrected chi connectivity index (χ4v) is 4.77. The van der Waals surface area contributed by atoms with E-state index < -0.39 is 5.41 Å². The van der Waals surface area contributed by atoms with Crippen molar-refractivity contribution in [1.29, 1.82) is 0 Å². The summed E-state index contributed by atoms with van der Waals surface area (Å²) in [5.74, 6) is 0.174. The Morgan fingerprint density at radius 1 is 1.13 bits per heavy atom. The molecular formula is C18H22Cl2N2O. The van der Waals surface area contributed by atoms with Crippen LogP contribution in [0.3, 0.4) is 0 Å². The number of rotatable bonds is 3. The van der Waals surface area contributed by atoms with Crippen molar-refractivity contribution >= 4 is 29.1 Å². The Kier molecular flexibility index (Phi) is 4.07. The summed E-state index contributed by atoms with van der Waals surface area (Å²) in [5.41, 5.74) is 0.602. The molecule has 0 radical (unpaired) electrons. The van der Waals surface area contributed by atoms with Gasteiger partial charge >= 0.3 is 0 Å². The van der Waals surface area contributed by atoms with E-state index in [-0.39, 0.29) is 5.91 Å². The number of halogens is 2. The smallest absolute Gasteiger partial charge is 0.230 e. The number of piperidine rings is 1. The topological polar surface area (TPSA) is 41.1 Å². The van der Waals surface area contributed by atoms with Gasteiger partial charge in [0.1, 0.15) is 0 Å². The first-order chi connectivity index (χ1) is 11.1. The molecule has 5 heteroatoms. The summed E-state index contributed by atoms with van der Waals surface area (Å²) >= 11 is 12.2. The van der Waals surface area contributed by atoms with E-state index in [1.54, 1.807) is 6.07 Å². The van der Waals surface area contributed by atoms with Gasteiger partial charge in [0.2, 0.25) is 5.91 Å². The quantitative estimate of drug-likeness (QED) is 0.868. The number of amides is 1. The Balaban J connectivity index is 1.52. The van der Waals surface area contributed by atoms with Gasteiger partial charge < -0.3 is 10.6 Å². The first kappa shape index (κ1) is 15.7. The van der Waals surface area contributed by atoms with Crippen LogP contribution in [0.25, 0.3) is 0 Å². The van der Waals surface area contributed by atoms with Gasteiger partial charge in [0.05, 0.1) is 15.5 Å². The van der Waals surface area contributed by atoms with Gasteiger partial charge in [-0.2, -0.15) is 0 Å². The maximum Gasteiger partial charge on any atom is 0.230 e. The number of hydrogen-bond donors (Lipinski definition) is 2. The van der Waals surface area contributed by atoms with Crippen molar-refractivity contribution in [1.82, 2.24) is 10.6 Å². The zero-order valence-corrected chi connectivity index (χ0v) is 14.6. The molecule has 3 aliphatic rings. The van der Waals surface area contributed by atoms with Gasteiger partial charge in [0.15, 0.2) is 0 Å². The SMILES string of the molecule is O=C(NC1CC2CCC(C1)N2)C1(c2ccc(Cl)c(Cl)c2)CCC1. The molecule has 1 aromatic rings. The minimum Gasteiger partial charge on any atom is -0.352 e. The molecule has 1 aromatic carbocycles. The van der Waals surface area contributed by atoms with E-state index in [0.717, 1.165) is 37.7 Å². The van der Waals surface area contributed by atoms with Crippen molar-refractivity contribution in [3.05, 3.63) is 33.8 Å². The zero-order valence-electron chi connectivity index (χ0n) is 13.1. The van der Waals surface area contributed by atoms with E-state index in [2.05, 4.69) is 10.6 Å². The molecule has 2 atom stereocenters. The number of carbonyl (C=O) groups is 1. The molecular weight excluding hydrogens is 331 g/mol. The lowest BCUT2D eigenvalue weighted by molar-refractivity contribution is -0.131. The van der Waals surface area contributed by atoms with Crippen molar-refractivity contribution in [2.45, 2.75) is 68.5 Å². The number of carbonyl (C=O) groups excluding carboxylic acids is 1. The molecule has 1 saturated carbocycles. The Hall–Kier alpha value is -0.770. The number of nitrogens with one attached hydrogen (secondary N) is 2. The van der Waals surface area contributed by atoms with Crippen LogP contribution in [0.1, 0.15) is 50.5 Å². The Morgan fingerprint density at radius 3 is 2.39 bits per heavy atom. The first-order valence-electron chi connectivity index (χ1n) is 8.59.